The van der Waals surface area contributed by atoms with Gasteiger partial charge in [0.05, 0.1) is 27.1 Å². The van der Waals surface area contributed by atoms with Crippen LogP contribution in [0.3, 0.4) is 0 Å². The Labute approximate surface area is 184 Å². The van der Waals surface area contributed by atoms with Gasteiger partial charge in [0.1, 0.15) is 0 Å². The first kappa shape index (κ1) is 22.3. The molecule has 0 spiro atoms. The second-order valence-corrected chi connectivity index (χ2v) is 7.41. The van der Waals surface area contributed by atoms with Crippen molar-refractivity contribution >= 4 is 17.7 Å². The van der Waals surface area contributed by atoms with E-state index in [-0.39, 0.29) is 11.7 Å². The number of benzene rings is 2. The summed E-state index contributed by atoms with van der Waals surface area (Å²) >= 11 is 1.21. The maximum absolute atomic E-state index is 12.2. The van der Waals surface area contributed by atoms with Gasteiger partial charge in [-0.3, -0.25) is 4.79 Å². The number of carbonyl (C=O) groups is 1. The minimum absolute atomic E-state index is 0.0988. The van der Waals surface area contributed by atoms with Crippen molar-refractivity contribution in [3.05, 3.63) is 48.0 Å². The van der Waals surface area contributed by atoms with Crippen LogP contribution in [0.2, 0.25) is 0 Å². The summed E-state index contributed by atoms with van der Waals surface area (Å²) in [6.07, 6.45) is 0.773. The van der Waals surface area contributed by atoms with Gasteiger partial charge in [-0.2, -0.15) is 0 Å². The van der Waals surface area contributed by atoms with Gasteiger partial charge in [-0.05, 0) is 24.1 Å². The Kier molecular flexibility index (Phi) is 7.60. The number of aromatic nitrogens is 3. The number of nitrogen functional groups attached to an aromatic ring is 1. The largest absolute Gasteiger partial charge is 0.493 e. The predicted octanol–water partition coefficient (Wildman–Crippen LogP) is 2.14. The Balaban J connectivity index is 1.63. The Morgan fingerprint density at radius 2 is 1.74 bits per heavy atom. The van der Waals surface area contributed by atoms with Crippen molar-refractivity contribution in [3.63, 3.8) is 0 Å². The van der Waals surface area contributed by atoms with Crippen molar-refractivity contribution < 1.29 is 19.0 Å². The van der Waals surface area contributed by atoms with Crippen molar-refractivity contribution in [2.24, 2.45) is 0 Å². The van der Waals surface area contributed by atoms with E-state index in [0.29, 0.717) is 40.3 Å². The van der Waals surface area contributed by atoms with Crippen LogP contribution >= 0.6 is 11.8 Å². The van der Waals surface area contributed by atoms with Crippen LogP contribution in [-0.4, -0.2) is 54.4 Å². The topological polar surface area (TPSA) is 114 Å². The molecule has 1 heterocycles. The second-order valence-electron chi connectivity index (χ2n) is 6.46. The van der Waals surface area contributed by atoms with Gasteiger partial charge in [0, 0.05) is 12.1 Å². The molecular weight excluding hydrogens is 418 g/mol. The molecule has 0 fully saturated rings. The summed E-state index contributed by atoms with van der Waals surface area (Å²) in [5, 5.41) is 11.6. The van der Waals surface area contributed by atoms with Crippen LogP contribution < -0.4 is 25.4 Å². The molecule has 31 heavy (non-hydrogen) atoms. The van der Waals surface area contributed by atoms with E-state index in [2.05, 4.69) is 15.5 Å². The third kappa shape index (κ3) is 5.40. The standard InChI is InChI=1S/C21H25N5O4S/c1-28-16-11-15(12-17(29-2)19(16)30-3)20-24-25-21(26(20)22)31-13-18(27)23-10-9-14-7-5-4-6-8-14/h4-8,11-12H,9-10,13,22H2,1-3H3,(H,23,27). The van der Waals surface area contributed by atoms with Crippen LogP contribution in [-0.2, 0) is 11.2 Å². The fraction of sp³-hybridized carbons (Fsp3) is 0.286. The van der Waals surface area contributed by atoms with Gasteiger partial charge in [0.25, 0.3) is 0 Å². The van der Waals surface area contributed by atoms with E-state index in [1.807, 2.05) is 30.3 Å². The minimum atomic E-state index is -0.0988. The van der Waals surface area contributed by atoms with Gasteiger partial charge in [-0.25, -0.2) is 4.68 Å². The van der Waals surface area contributed by atoms with Crippen molar-refractivity contribution in [2.75, 3.05) is 39.5 Å². The number of carbonyl (C=O) groups excluding carboxylic acids is 1. The molecule has 0 aliphatic rings. The van der Waals surface area contributed by atoms with Crippen LogP contribution in [0.4, 0.5) is 0 Å². The van der Waals surface area contributed by atoms with Gasteiger partial charge in [0.15, 0.2) is 17.3 Å². The van der Waals surface area contributed by atoms with Gasteiger partial charge in [-0.15, -0.1) is 10.2 Å². The van der Waals surface area contributed by atoms with Crippen molar-refractivity contribution in [2.45, 2.75) is 11.6 Å². The van der Waals surface area contributed by atoms with Crippen molar-refractivity contribution in [1.82, 2.24) is 20.2 Å². The number of thioether (sulfide) groups is 1. The molecule has 164 valence electrons. The third-order valence-corrected chi connectivity index (χ3v) is 5.44. The van der Waals surface area contributed by atoms with E-state index in [1.165, 1.54) is 43.3 Å². The van der Waals surface area contributed by atoms with Crippen LogP contribution in [0.1, 0.15) is 5.56 Å². The number of nitrogens with two attached hydrogens (primary N) is 1. The molecule has 0 saturated carbocycles. The van der Waals surface area contributed by atoms with E-state index < -0.39 is 0 Å². The van der Waals surface area contributed by atoms with Crippen LogP contribution in [0.5, 0.6) is 17.2 Å². The molecule has 0 radical (unpaired) electrons. The Hall–Kier alpha value is -3.40. The average Bonchev–Trinajstić information content (AvgIpc) is 3.17. The molecule has 10 heteroatoms. The zero-order valence-corrected chi connectivity index (χ0v) is 18.4. The number of ether oxygens (including phenoxy) is 3. The molecule has 0 atom stereocenters. The summed E-state index contributed by atoms with van der Waals surface area (Å²) in [4.78, 5) is 12.2. The van der Waals surface area contributed by atoms with E-state index >= 15 is 0 Å². The molecule has 0 aliphatic carbocycles. The molecule has 0 aliphatic heterocycles. The number of nitrogens with zero attached hydrogens (tertiary/aromatic N) is 3. The SMILES string of the molecule is COc1cc(-c2nnc(SCC(=O)NCCc3ccccc3)n2N)cc(OC)c1OC. The highest BCUT2D eigenvalue weighted by Crippen LogP contribution is 2.40. The lowest BCUT2D eigenvalue weighted by atomic mass is 10.1. The lowest BCUT2D eigenvalue weighted by molar-refractivity contribution is -0.118. The first-order chi connectivity index (χ1) is 15.1. The van der Waals surface area contributed by atoms with Crippen LogP contribution in [0, 0.1) is 0 Å². The van der Waals surface area contributed by atoms with Gasteiger partial charge < -0.3 is 25.4 Å². The van der Waals surface area contributed by atoms with E-state index in [9.17, 15) is 4.79 Å². The van der Waals surface area contributed by atoms with Gasteiger partial charge >= 0.3 is 0 Å². The fourth-order valence-electron chi connectivity index (χ4n) is 2.95. The quantitative estimate of drug-likeness (QED) is 0.362. The summed E-state index contributed by atoms with van der Waals surface area (Å²) in [7, 11) is 4.60. The molecule has 0 bridgehead atoms. The van der Waals surface area contributed by atoms with Crippen LogP contribution in [0.25, 0.3) is 11.4 Å². The van der Waals surface area contributed by atoms with Crippen molar-refractivity contribution in [3.8, 4) is 28.6 Å². The highest BCUT2D eigenvalue weighted by molar-refractivity contribution is 7.99. The summed E-state index contributed by atoms with van der Waals surface area (Å²) in [6, 6.07) is 13.5. The minimum Gasteiger partial charge on any atom is -0.493 e. The number of hydrogen-bond acceptors (Lipinski definition) is 8. The highest BCUT2D eigenvalue weighted by atomic mass is 32.2. The number of rotatable bonds is 10. The molecule has 3 rings (SSSR count). The number of hydrogen-bond donors (Lipinski definition) is 2. The van der Waals surface area contributed by atoms with E-state index in [1.54, 1.807) is 12.1 Å². The maximum Gasteiger partial charge on any atom is 0.230 e. The third-order valence-electron chi connectivity index (χ3n) is 4.50. The summed E-state index contributed by atoms with van der Waals surface area (Å²) in [6.45, 7) is 0.565. The highest BCUT2D eigenvalue weighted by Gasteiger charge is 2.19. The molecular formula is C21H25N5O4S. The average molecular weight is 444 g/mol. The molecule has 0 unspecified atom stereocenters. The zero-order chi connectivity index (χ0) is 22.2. The lowest BCUT2D eigenvalue weighted by Crippen LogP contribution is -2.27. The van der Waals surface area contributed by atoms with Gasteiger partial charge in [-0.1, -0.05) is 42.1 Å². The molecule has 1 aromatic heterocycles. The monoisotopic (exact) mass is 443 g/mol. The normalized spacial score (nSPS) is 10.5. The molecule has 3 aromatic rings. The Bertz CT molecular complexity index is 1000. The maximum atomic E-state index is 12.2. The predicted molar refractivity (Wildman–Crippen MR) is 119 cm³/mol. The second kappa shape index (κ2) is 10.6. The molecule has 3 N–H and O–H groups in total. The Morgan fingerprint density at radius 1 is 1.06 bits per heavy atom. The fourth-order valence-corrected chi connectivity index (χ4v) is 3.64. The van der Waals surface area contributed by atoms with Crippen LogP contribution in [0.15, 0.2) is 47.6 Å². The molecule has 0 saturated heterocycles. The summed E-state index contributed by atoms with van der Waals surface area (Å²) < 4.78 is 17.4. The molecule has 1 amide bonds. The first-order valence-electron chi connectivity index (χ1n) is 9.51. The van der Waals surface area contributed by atoms with E-state index in [0.717, 1.165) is 6.42 Å². The number of amides is 1. The number of nitrogens with one attached hydrogen (secondary N) is 1. The van der Waals surface area contributed by atoms with Crippen molar-refractivity contribution in [1.29, 1.82) is 0 Å². The summed E-state index contributed by atoms with van der Waals surface area (Å²) in [5.41, 5.74) is 1.82. The number of methoxy groups -OCH3 is 3. The Morgan fingerprint density at radius 3 is 2.35 bits per heavy atom. The summed E-state index contributed by atoms with van der Waals surface area (Å²) in [5.74, 6) is 8.10. The van der Waals surface area contributed by atoms with E-state index in [4.69, 9.17) is 20.1 Å². The molecule has 9 nitrogen and oxygen atoms in total. The smallest absolute Gasteiger partial charge is 0.230 e. The van der Waals surface area contributed by atoms with Gasteiger partial charge in [0.2, 0.25) is 16.8 Å². The molecule has 2 aromatic carbocycles. The zero-order valence-electron chi connectivity index (χ0n) is 17.6. The first-order valence-corrected chi connectivity index (χ1v) is 10.5. The lowest BCUT2D eigenvalue weighted by Gasteiger charge is -2.13.